The molecule has 2 atom stereocenters. The van der Waals surface area contributed by atoms with Crippen molar-refractivity contribution < 1.29 is 9.26 Å². The predicted octanol–water partition coefficient (Wildman–Crippen LogP) is 3.31. The molecule has 5 heteroatoms. The second kappa shape index (κ2) is 6.26. The summed E-state index contributed by atoms with van der Waals surface area (Å²) >= 11 is 0. The fourth-order valence-corrected chi connectivity index (χ4v) is 2.74. The van der Waals surface area contributed by atoms with Gasteiger partial charge >= 0.3 is 0 Å². The van der Waals surface area contributed by atoms with Gasteiger partial charge in [0.1, 0.15) is 6.10 Å². The minimum atomic E-state index is -0.0728. The van der Waals surface area contributed by atoms with Gasteiger partial charge in [-0.1, -0.05) is 30.3 Å². The van der Waals surface area contributed by atoms with Crippen molar-refractivity contribution in [1.29, 1.82) is 0 Å². The highest BCUT2D eigenvalue weighted by atomic mass is 16.5. The average Bonchev–Trinajstić information content (AvgIpc) is 3.02. The van der Waals surface area contributed by atoms with Crippen LogP contribution in [0, 0.1) is 0 Å². The summed E-state index contributed by atoms with van der Waals surface area (Å²) in [5.74, 6) is 1.58. The van der Waals surface area contributed by atoms with Crippen LogP contribution in [0.2, 0.25) is 0 Å². The number of nitrogens with zero attached hydrogens (tertiary/aromatic N) is 2. The van der Waals surface area contributed by atoms with Gasteiger partial charge in [0.15, 0.2) is 0 Å². The monoisotopic (exact) mass is 287 g/mol. The van der Waals surface area contributed by atoms with Crippen molar-refractivity contribution in [3.8, 4) is 0 Å². The third kappa shape index (κ3) is 2.93. The second-order valence-corrected chi connectivity index (χ2v) is 5.28. The first-order chi connectivity index (χ1) is 10.3. The molecule has 0 radical (unpaired) electrons. The van der Waals surface area contributed by atoms with Crippen LogP contribution < -0.4 is 5.32 Å². The molecule has 3 rings (SSSR count). The molecule has 0 fully saturated rings. The molecule has 21 heavy (non-hydrogen) atoms. The van der Waals surface area contributed by atoms with Gasteiger partial charge in [-0.3, -0.25) is 0 Å². The molecule has 2 aromatic rings. The van der Waals surface area contributed by atoms with E-state index < -0.39 is 0 Å². The van der Waals surface area contributed by atoms with Crippen LogP contribution in [-0.2, 0) is 11.2 Å². The highest BCUT2D eigenvalue weighted by Gasteiger charge is 2.26. The second-order valence-electron chi connectivity index (χ2n) is 5.28. The fraction of sp³-hybridized carbons (Fsp3) is 0.500. The molecule has 0 amide bonds. The molecule has 1 aliphatic rings. The molecule has 0 spiro atoms. The molecule has 5 nitrogen and oxygen atoms in total. The van der Waals surface area contributed by atoms with E-state index in [1.165, 1.54) is 11.3 Å². The van der Waals surface area contributed by atoms with E-state index in [-0.39, 0.29) is 12.0 Å². The van der Waals surface area contributed by atoms with E-state index in [0.717, 1.165) is 19.4 Å². The van der Waals surface area contributed by atoms with E-state index in [1.807, 2.05) is 13.0 Å². The van der Waals surface area contributed by atoms with Crippen molar-refractivity contribution in [2.75, 3.05) is 18.5 Å². The topological polar surface area (TPSA) is 60.2 Å². The third-order valence-corrected chi connectivity index (χ3v) is 3.86. The number of hydrogen-bond acceptors (Lipinski definition) is 5. The molecule has 0 aliphatic carbocycles. The number of ether oxygens (including phenoxy) is 1. The van der Waals surface area contributed by atoms with Gasteiger partial charge in [-0.25, -0.2) is 0 Å². The summed E-state index contributed by atoms with van der Waals surface area (Å²) in [4.78, 5) is 4.55. The molecule has 1 aromatic carbocycles. The fourth-order valence-electron chi connectivity index (χ4n) is 2.74. The quantitative estimate of drug-likeness (QED) is 0.914. The maximum absolute atomic E-state index is 5.63. The van der Waals surface area contributed by atoms with Gasteiger partial charge < -0.3 is 14.6 Å². The number of benzene rings is 1. The van der Waals surface area contributed by atoms with Crippen molar-refractivity contribution in [2.24, 2.45) is 0 Å². The molecule has 2 heterocycles. The largest absolute Gasteiger partial charge is 0.384 e. The van der Waals surface area contributed by atoms with E-state index in [1.54, 1.807) is 0 Å². The van der Waals surface area contributed by atoms with Crippen LogP contribution in [0.25, 0.3) is 0 Å². The van der Waals surface area contributed by atoms with Crippen LogP contribution in [0.15, 0.2) is 28.8 Å². The number of para-hydroxylation sites is 1. The summed E-state index contributed by atoms with van der Waals surface area (Å²) in [7, 11) is 0. The summed E-state index contributed by atoms with van der Waals surface area (Å²) in [6.07, 6.45) is 1.70. The Morgan fingerprint density at radius 2 is 2.24 bits per heavy atom. The first kappa shape index (κ1) is 14.1. The lowest BCUT2D eigenvalue weighted by Crippen LogP contribution is -2.21. The first-order valence-corrected chi connectivity index (χ1v) is 7.58. The van der Waals surface area contributed by atoms with Crippen LogP contribution >= 0.6 is 0 Å². The summed E-state index contributed by atoms with van der Waals surface area (Å²) in [6, 6.07) is 8.35. The van der Waals surface area contributed by atoms with E-state index in [0.29, 0.717) is 18.3 Å². The zero-order valence-corrected chi connectivity index (χ0v) is 12.5. The summed E-state index contributed by atoms with van der Waals surface area (Å²) < 4.78 is 11.1. The van der Waals surface area contributed by atoms with Crippen molar-refractivity contribution in [3.63, 3.8) is 0 Å². The Morgan fingerprint density at radius 1 is 1.38 bits per heavy atom. The van der Waals surface area contributed by atoms with E-state index in [9.17, 15) is 0 Å². The zero-order chi connectivity index (χ0) is 14.7. The standard InChI is InChI=1S/C16H21N3O2/c1-3-14(20-4-2)15-18-16(21-19-15)12-9-11-7-5-6-8-13(11)17-10-12/h5-8,12,14,17H,3-4,9-10H2,1-2H3. The average molecular weight is 287 g/mol. The lowest BCUT2D eigenvalue weighted by molar-refractivity contribution is 0.0518. The molecule has 1 aliphatic heterocycles. The zero-order valence-electron chi connectivity index (χ0n) is 12.5. The van der Waals surface area contributed by atoms with Gasteiger partial charge in [-0.15, -0.1) is 0 Å². The summed E-state index contributed by atoms with van der Waals surface area (Å²) in [5.41, 5.74) is 2.50. The Balaban J connectivity index is 1.75. The number of anilines is 1. The highest BCUT2D eigenvalue weighted by molar-refractivity contribution is 5.53. The van der Waals surface area contributed by atoms with Crippen LogP contribution in [0.5, 0.6) is 0 Å². The Kier molecular flexibility index (Phi) is 4.20. The smallest absolute Gasteiger partial charge is 0.231 e. The van der Waals surface area contributed by atoms with Gasteiger partial charge in [0, 0.05) is 18.8 Å². The minimum absolute atomic E-state index is 0.0728. The molecule has 0 saturated heterocycles. The normalized spacial score (nSPS) is 18.9. The maximum Gasteiger partial charge on any atom is 0.231 e. The van der Waals surface area contributed by atoms with Gasteiger partial charge in [-0.2, -0.15) is 4.98 Å². The van der Waals surface area contributed by atoms with Crippen LogP contribution in [0.3, 0.4) is 0 Å². The molecule has 2 unspecified atom stereocenters. The number of aromatic nitrogens is 2. The molecule has 0 saturated carbocycles. The number of fused-ring (bicyclic) bond motifs is 1. The molecule has 0 bridgehead atoms. The van der Waals surface area contributed by atoms with Crippen molar-refractivity contribution in [2.45, 2.75) is 38.7 Å². The first-order valence-electron chi connectivity index (χ1n) is 7.58. The van der Waals surface area contributed by atoms with Gasteiger partial charge in [0.05, 0.1) is 5.92 Å². The van der Waals surface area contributed by atoms with Crippen molar-refractivity contribution >= 4 is 5.69 Å². The molecular formula is C16H21N3O2. The SMILES string of the molecule is CCOC(CC)c1noc(C2CNc3ccccc3C2)n1. The minimum Gasteiger partial charge on any atom is -0.384 e. The Hall–Kier alpha value is -1.88. The van der Waals surface area contributed by atoms with Crippen molar-refractivity contribution in [3.05, 3.63) is 41.5 Å². The van der Waals surface area contributed by atoms with Crippen LogP contribution in [-0.4, -0.2) is 23.3 Å². The lowest BCUT2D eigenvalue weighted by Gasteiger charge is -2.23. The van der Waals surface area contributed by atoms with Gasteiger partial charge in [0.25, 0.3) is 0 Å². The van der Waals surface area contributed by atoms with Crippen molar-refractivity contribution in [1.82, 2.24) is 10.1 Å². The number of hydrogen-bond donors (Lipinski definition) is 1. The summed E-state index contributed by atoms with van der Waals surface area (Å²) in [5, 5.41) is 7.53. The maximum atomic E-state index is 5.63. The summed E-state index contributed by atoms with van der Waals surface area (Å²) in [6.45, 7) is 5.52. The van der Waals surface area contributed by atoms with Gasteiger partial charge in [-0.05, 0) is 31.4 Å². The number of nitrogens with one attached hydrogen (secondary N) is 1. The molecule has 1 aromatic heterocycles. The van der Waals surface area contributed by atoms with E-state index in [4.69, 9.17) is 9.26 Å². The Labute approximate surface area is 124 Å². The Morgan fingerprint density at radius 3 is 3.05 bits per heavy atom. The molecule has 112 valence electrons. The predicted molar refractivity (Wildman–Crippen MR) is 80.3 cm³/mol. The van der Waals surface area contributed by atoms with E-state index >= 15 is 0 Å². The highest BCUT2D eigenvalue weighted by Crippen LogP contribution is 2.30. The third-order valence-electron chi connectivity index (χ3n) is 3.86. The van der Waals surface area contributed by atoms with E-state index in [2.05, 4.69) is 40.6 Å². The van der Waals surface area contributed by atoms with Gasteiger partial charge in [0.2, 0.25) is 11.7 Å². The molecule has 1 N–H and O–H groups in total. The van der Waals surface area contributed by atoms with Crippen LogP contribution in [0.4, 0.5) is 5.69 Å². The number of rotatable bonds is 5. The molecular weight excluding hydrogens is 266 g/mol. The lowest BCUT2D eigenvalue weighted by atomic mass is 9.94. The van der Waals surface area contributed by atoms with Crippen LogP contribution in [0.1, 0.15) is 49.6 Å². The Bertz CT molecular complexity index is 597.